The SMILES string of the molecule is CC1CC2=C(C=C1n1ccnc1)C(O)N(CC1=CC=CCC1)CC2. The molecule has 1 aromatic heterocycles. The van der Waals surface area contributed by atoms with Crippen LogP contribution in [0, 0.1) is 5.92 Å². The van der Waals surface area contributed by atoms with Gasteiger partial charge in [0.1, 0.15) is 6.23 Å². The molecule has 0 aromatic carbocycles. The molecule has 0 radical (unpaired) electrons. The fourth-order valence-electron chi connectivity index (χ4n) is 4.05. The van der Waals surface area contributed by atoms with E-state index in [0.29, 0.717) is 5.92 Å². The molecule has 1 N–H and O–H groups in total. The molecule has 24 heavy (non-hydrogen) atoms. The molecule has 0 amide bonds. The first-order chi connectivity index (χ1) is 11.7. The molecule has 2 unspecified atom stereocenters. The number of hydrogen-bond acceptors (Lipinski definition) is 3. The van der Waals surface area contributed by atoms with Gasteiger partial charge in [0.25, 0.3) is 0 Å². The summed E-state index contributed by atoms with van der Waals surface area (Å²) < 4.78 is 2.08. The minimum Gasteiger partial charge on any atom is -0.374 e. The maximum Gasteiger partial charge on any atom is 0.133 e. The normalized spacial score (nSPS) is 27.8. The Morgan fingerprint density at radius 1 is 1.33 bits per heavy atom. The second-order valence-corrected chi connectivity index (χ2v) is 7.09. The van der Waals surface area contributed by atoms with Crippen molar-refractivity contribution in [2.24, 2.45) is 5.92 Å². The lowest BCUT2D eigenvalue weighted by Crippen LogP contribution is -2.43. The first-order valence-corrected chi connectivity index (χ1v) is 8.91. The zero-order chi connectivity index (χ0) is 16.5. The predicted molar refractivity (Wildman–Crippen MR) is 96.0 cm³/mol. The van der Waals surface area contributed by atoms with E-state index in [0.717, 1.165) is 44.3 Å². The number of nitrogens with zero attached hydrogens (tertiary/aromatic N) is 3. The molecule has 0 saturated heterocycles. The molecule has 0 spiro atoms. The van der Waals surface area contributed by atoms with Crippen LogP contribution < -0.4 is 0 Å². The number of imidazole rings is 1. The molecule has 2 atom stereocenters. The summed E-state index contributed by atoms with van der Waals surface area (Å²) in [4.78, 5) is 6.38. The Labute approximate surface area is 143 Å². The van der Waals surface area contributed by atoms with Gasteiger partial charge < -0.3 is 9.67 Å². The van der Waals surface area contributed by atoms with Gasteiger partial charge in [0.15, 0.2) is 0 Å². The molecule has 2 aliphatic carbocycles. The first-order valence-electron chi connectivity index (χ1n) is 8.91. The number of allylic oxidation sites excluding steroid dienone is 4. The second-order valence-electron chi connectivity index (χ2n) is 7.09. The third-order valence-corrected chi connectivity index (χ3v) is 5.40. The van der Waals surface area contributed by atoms with E-state index in [2.05, 4.69) is 45.7 Å². The number of aliphatic hydroxyl groups is 1. The number of hydrogen-bond donors (Lipinski definition) is 1. The summed E-state index contributed by atoms with van der Waals surface area (Å²) in [5, 5.41) is 10.9. The van der Waals surface area contributed by atoms with Gasteiger partial charge in [-0.3, -0.25) is 4.90 Å². The Morgan fingerprint density at radius 2 is 2.25 bits per heavy atom. The van der Waals surface area contributed by atoms with Crippen molar-refractivity contribution in [2.45, 2.75) is 38.8 Å². The quantitative estimate of drug-likeness (QED) is 0.927. The van der Waals surface area contributed by atoms with Crippen molar-refractivity contribution in [2.75, 3.05) is 13.1 Å². The average molecular weight is 323 g/mol. The Kier molecular flexibility index (Phi) is 4.25. The molecule has 3 aliphatic rings. The van der Waals surface area contributed by atoms with Crippen LogP contribution in [-0.2, 0) is 0 Å². The van der Waals surface area contributed by atoms with Gasteiger partial charge in [0, 0.05) is 37.1 Å². The predicted octanol–water partition coefficient (Wildman–Crippen LogP) is 3.36. The van der Waals surface area contributed by atoms with Crippen molar-refractivity contribution >= 4 is 5.70 Å². The van der Waals surface area contributed by atoms with E-state index >= 15 is 0 Å². The molecule has 0 bridgehead atoms. The van der Waals surface area contributed by atoms with E-state index < -0.39 is 6.23 Å². The lowest BCUT2D eigenvalue weighted by molar-refractivity contribution is 0.0325. The highest BCUT2D eigenvalue weighted by Gasteiger charge is 2.31. The van der Waals surface area contributed by atoms with Crippen LogP contribution in [0.5, 0.6) is 0 Å². The standard InChI is InChI=1S/C20H25N3O/c1-15-11-17-7-9-22(13-16-5-3-2-4-6-16)20(24)18(17)12-19(15)23-10-8-21-14-23/h2-3,5,8,10,12,14-15,20,24H,4,6-7,9,11,13H2,1H3. The van der Waals surface area contributed by atoms with Crippen molar-refractivity contribution in [1.29, 1.82) is 0 Å². The molecule has 4 nitrogen and oxygen atoms in total. The van der Waals surface area contributed by atoms with Gasteiger partial charge in [-0.15, -0.1) is 0 Å². The summed E-state index contributed by atoms with van der Waals surface area (Å²) in [6, 6.07) is 0. The molecule has 1 aliphatic heterocycles. The van der Waals surface area contributed by atoms with Gasteiger partial charge >= 0.3 is 0 Å². The third-order valence-electron chi connectivity index (χ3n) is 5.40. The fourth-order valence-corrected chi connectivity index (χ4v) is 4.05. The number of aliphatic hydroxyl groups excluding tert-OH is 1. The van der Waals surface area contributed by atoms with Crippen molar-refractivity contribution in [3.8, 4) is 0 Å². The monoisotopic (exact) mass is 323 g/mol. The molecular formula is C20H25N3O. The molecule has 2 heterocycles. The average Bonchev–Trinajstić information content (AvgIpc) is 3.12. The first kappa shape index (κ1) is 15.6. The zero-order valence-electron chi connectivity index (χ0n) is 14.2. The Hall–Kier alpha value is -1.91. The molecule has 4 heteroatoms. The number of rotatable bonds is 3. The lowest BCUT2D eigenvalue weighted by Gasteiger charge is -2.39. The third kappa shape index (κ3) is 2.92. The van der Waals surface area contributed by atoms with Gasteiger partial charge in [-0.1, -0.05) is 36.3 Å². The van der Waals surface area contributed by atoms with Crippen LogP contribution in [0.3, 0.4) is 0 Å². The van der Waals surface area contributed by atoms with Gasteiger partial charge in [0.05, 0.1) is 6.33 Å². The summed E-state index contributed by atoms with van der Waals surface area (Å²) >= 11 is 0. The highest BCUT2D eigenvalue weighted by Crippen LogP contribution is 2.38. The van der Waals surface area contributed by atoms with E-state index in [1.54, 1.807) is 0 Å². The van der Waals surface area contributed by atoms with Crippen LogP contribution >= 0.6 is 0 Å². The van der Waals surface area contributed by atoms with E-state index in [9.17, 15) is 5.11 Å². The lowest BCUT2D eigenvalue weighted by atomic mass is 9.83. The zero-order valence-corrected chi connectivity index (χ0v) is 14.2. The van der Waals surface area contributed by atoms with Crippen molar-refractivity contribution in [3.05, 3.63) is 59.7 Å². The topological polar surface area (TPSA) is 41.3 Å². The molecular weight excluding hydrogens is 298 g/mol. The molecule has 1 aromatic rings. The summed E-state index contributed by atoms with van der Waals surface area (Å²) in [5.74, 6) is 0.461. The van der Waals surface area contributed by atoms with Crippen LogP contribution in [0.2, 0.25) is 0 Å². The van der Waals surface area contributed by atoms with Gasteiger partial charge in [0.2, 0.25) is 0 Å². The number of aromatic nitrogens is 2. The largest absolute Gasteiger partial charge is 0.374 e. The molecule has 126 valence electrons. The second kappa shape index (κ2) is 6.54. The summed E-state index contributed by atoms with van der Waals surface area (Å²) in [7, 11) is 0. The van der Waals surface area contributed by atoms with E-state index in [1.165, 1.54) is 16.8 Å². The Morgan fingerprint density at radius 3 is 3.00 bits per heavy atom. The van der Waals surface area contributed by atoms with Crippen LogP contribution in [0.25, 0.3) is 5.70 Å². The summed E-state index contributed by atoms with van der Waals surface area (Å²) in [5.41, 5.74) is 5.18. The van der Waals surface area contributed by atoms with Gasteiger partial charge in [-0.05, 0) is 37.3 Å². The molecule has 0 saturated carbocycles. The van der Waals surface area contributed by atoms with Crippen molar-refractivity contribution in [3.63, 3.8) is 0 Å². The van der Waals surface area contributed by atoms with E-state index in [1.807, 2.05) is 18.7 Å². The molecule has 4 rings (SSSR count). The van der Waals surface area contributed by atoms with E-state index in [4.69, 9.17) is 0 Å². The van der Waals surface area contributed by atoms with Crippen LogP contribution in [0.4, 0.5) is 0 Å². The highest BCUT2D eigenvalue weighted by atomic mass is 16.3. The smallest absolute Gasteiger partial charge is 0.133 e. The minimum atomic E-state index is -0.494. The summed E-state index contributed by atoms with van der Waals surface area (Å²) in [6.07, 6.45) is 18.2. The molecule has 0 fully saturated rings. The van der Waals surface area contributed by atoms with E-state index in [-0.39, 0.29) is 0 Å². The van der Waals surface area contributed by atoms with Gasteiger partial charge in [-0.2, -0.15) is 0 Å². The minimum absolute atomic E-state index is 0.461. The fraction of sp³-hybridized carbons (Fsp3) is 0.450. The Balaban J connectivity index is 1.58. The maximum absolute atomic E-state index is 10.9. The Bertz CT molecular complexity index is 724. The van der Waals surface area contributed by atoms with Gasteiger partial charge in [-0.25, -0.2) is 4.98 Å². The highest BCUT2D eigenvalue weighted by molar-refractivity contribution is 5.58. The maximum atomic E-state index is 10.9. The van der Waals surface area contributed by atoms with Crippen LogP contribution in [0.1, 0.15) is 32.6 Å². The van der Waals surface area contributed by atoms with Crippen molar-refractivity contribution < 1.29 is 5.11 Å². The van der Waals surface area contributed by atoms with Crippen molar-refractivity contribution in [1.82, 2.24) is 14.5 Å². The summed E-state index contributed by atoms with van der Waals surface area (Å²) in [6.45, 7) is 4.07. The van der Waals surface area contributed by atoms with Crippen LogP contribution in [-0.4, -0.2) is 38.9 Å². The van der Waals surface area contributed by atoms with Crippen LogP contribution in [0.15, 0.2) is 59.7 Å².